The molecule has 0 unspecified atom stereocenters. The predicted molar refractivity (Wildman–Crippen MR) is 155 cm³/mol. The molecule has 2 heterocycles. The summed E-state index contributed by atoms with van der Waals surface area (Å²) in [6.45, 7) is 5.25. The summed E-state index contributed by atoms with van der Waals surface area (Å²) in [6, 6.07) is 11.8. The van der Waals surface area contributed by atoms with Crippen LogP contribution in [0.2, 0.25) is 5.02 Å². The summed E-state index contributed by atoms with van der Waals surface area (Å²) in [6.07, 6.45) is -0.723. The van der Waals surface area contributed by atoms with E-state index in [1.54, 1.807) is 50.1 Å². The fourth-order valence-electron chi connectivity index (χ4n) is 4.71. The summed E-state index contributed by atoms with van der Waals surface area (Å²) >= 11 is 5.95. The molecule has 2 amide bonds. The number of aliphatic hydroxyl groups excluding tert-OH is 1. The molecule has 3 aromatic rings. The Morgan fingerprint density at radius 3 is 2.56 bits per heavy atom. The molecule has 1 aliphatic heterocycles. The average molecular weight is 604 g/mol. The lowest BCUT2D eigenvalue weighted by atomic mass is 9.99. The summed E-state index contributed by atoms with van der Waals surface area (Å²) in [5.74, 6) is -1.06. The number of anilines is 1. The molecular weight excluding hydrogens is 570 g/mol. The van der Waals surface area contributed by atoms with Gasteiger partial charge in [-0.1, -0.05) is 24.6 Å². The van der Waals surface area contributed by atoms with Crippen molar-refractivity contribution in [3.63, 3.8) is 0 Å². The maximum absolute atomic E-state index is 13.7. The van der Waals surface area contributed by atoms with Gasteiger partial charge in [0, 0.05) is 31.6 Å². The zero-order valence-corrected chi connectivity index (χ0v) is 25.1. The summed E-state index contributed by atoms with van der Waals surface area (Å²) < 4.78 is 35.8. The molecule has 220 valence electrons. The number of nitrogens with zero attached hydrogens (tertiary/aromatic N) is 4. The number of hydrogen-bond acceptors (Lipinski definition) is 7. The molecule has 41 heavy (non-hydrogen) atoms. The van der Waals surface area contributed by atoms with Gasteiger partial charge in [-0.15, -0.1) is 0 Å². The number of fused-ring (bicyclic) bond motifs is 1. The second-order valence-corrected chi connectivity index (χ2v) is 12.8. The van der Waals surface area contributed by atoms with E-state index in [1.165, 1.54) is 40.3 Å². The highest BCUT2D eigenvalue weighted by molar-refractivity contribution is 7.89. The molecule has 2 aromatic carbocycles. The first kappa shape index (κ1) is 30.5. The summed E-state index contributed by atoms with van der Waals surface area (Å²) in [4.78, 5) is 28.5. The number of aromatic nitrogens is 2. The van der Waals surface area contributed by atoms with Crippen molar-refractivity contribution in [3.8, 4) is 5.75 Å². The van der Waals surface area contributed by atoms with Crippen LogP contribution in [0.4, 0.5) is 5.69 Å². The van der Waals surface area contributed by atoms with Crippen LogP contribution in [0.3, 0.4) is 0 Å². The number of aliphatic hydroxyl groups is 1. The van der Waals surface area contributed by atoms with Crippen LogP contribution in [0.25, 0.3) is 0 Å². The quantitative estimate of drug-likeness (QED) is 0.404. The van der Waals surface area contributed by atoms with Gasteiger partial charge in [0.25, 0.3) is 11.8 Å². The van der Waals surface area contributed by atoms with E-state index in [-0.39, 0.29) is 53.4 Å². The van der Waals surface area contributed by atoms with E-state index >= 15 is 0 Å². The van der Waals surface area contributed by atoms with Gasteiger partial charge < -0.3 is 20.1 Å². The predicted octanol–water partition coefficient (Wildman–Crippen LogP) is 3.18. The molecule has 0 saturated carbocycles. The van der Waals surface area contributed by atoms with Gasteiger partial charge in [-0.25, -0.2) is 8.42 Å². The van der Waals surface area contributed by atoms with Crippen molar-refractivity contribution >= 4 is 39.1 Å². The van der Waals surface area contributed by atoms with Crippen LogP contribution in [-0.4, -0.2) is 83.2 Å². The van der Waals surface area contributed by atoms with E-state index in [0.717, 1.165) is 0 Å². The fourth-order valence-corrected chi connectivity index (χ4v) is 6.02. The first-order valence-electron chi connectivity index (χ1n) is 13.1. The lowest BCUT2D eigenvalue weighted by Gasteiger charge is -2.38. The largest absolute Gasteiger partial charge is 0.486 e. The van der Waals surface area contributed by atoms with E-state index in [2.05, 4.69) is 10.4 Å². The monoisotopic (exact) mass is 603 g/mol. The van der Waals surface area contributed by atoms with Crippen molar-refractivity contribution in [2.75, 3.05) is 32.1 Å². The van der Waals surface area contributed by atoms with Crippen LogP contribution in [-0.2, 0) is 17.1 Å². The molecular formula is C28H34ClN5O6S. The fraction of sp³-hybridized carbons (Fsp3) is 0.393. The minimum Gasteiger partial charge on any atom is -0.486 e. The second kappa shape index (κ2) is 12.2. The number of nitrogens with one attached hydrogen (secondary N) is 1. The minimum absolute atomic E-state index is 0.0513. The molecule has 4 rings (SSSR count). The number of carbonyl (C=O) groups excluding carboxylic acids is 2. The van der Waals surface area contributed by atoms with E-state index in [1.807, 2.05) is 6.92 Å². The van der Waals surface area contributed by atoms with Crippen LogP contribution in [0.5, 0.6) is 5.75 Å². The molecule has 0 aliphatic carbocycles. The van der Waals surface area contributed by atoms with E-state index in [0.29, 0.717) is 16.4 Å². The number of ether oxygens (including phenoxy) is 1. The second-order valence-electron chi connectivity index (χ2n) is 10.3. The number of benzene rings is 2. The molecule has 0 fully saturated rings. The number of para-hydroxylation sites is 1. The molecule has 11 nitrogen and oxygen atoms in total. The van der Waals surface area contributed by atoms with Crippen molar-refractivity contribution in [3.05, 3.63) is 70.5 Å². The highest BCUT2D eigenvalue weighted by Crippen LogP contribution is 2.35. The number of amides is 2. The molecule has 2 N–H and O–H groups in total. The molecule has 3 atom stereocenters. The van der Waals surface area contributed by atoms with Crippen molar-refractivity contribution in [2.24, 2.45) is 13.0 Å². The van der Waals surface area contributed by atoms with Crippen LogP contribution >= 0.6 is 11.6 Å². The maximum Gasteiger partial charge on any atom is 0.274 e. The topological polar surface area (TPSA) is 134 Å². The van der Waals surface area contributed by atoms with Gasteiger partial charge in [0.2, 0.25) is 10.0 Å². The standard InChI is InChI=1S/C28H34ClN5O6S/c1-17-14-34(19(3)16-35)28(37)22-7-6-8-23(30-27(36)24-13-18(2)31-33(24)5)26(22)40-25(17)15-32(4)41(38,39)21-11-9-20(29)10-12-21/h6-13,17,19,25,35H,14-16H2,1-5H3,(H,30,36)/t17-,19-,25-/m1/s1. The first-order valence-corrected chi connectivity index (χ1v) is 14.9. The number of sulfonamides is 1. The zero-order chi connectivity index (χ0) is 30.1. The lowest BCUT2D eigenvalue weighted by Crippen LogP contribution is -2.50. The lowest BCUT2D eigenvalue weighted by molar-refractivity contribution is 0.0388. The summed E-state index contributed by atoms with van der Waals surface area (Å²) in [7, 11) is -0.786. The van der Waals surface area contributed by atoms with Crippen molar-refractivity contribution in [1.29, 1.82) is 0 Å². The van der Waals surface area contributed by atoms with Crippen LogP contribution < -0.4 is 10.1 Å². The Morgan fingerprint density at radius 2 is 1.95 bits per heavy atom. The van der Waals surface area contributed by atoms with Gasteiger partial charge in [0.1, 0.15) is 11.8 Å². The molecule has 0 bridgehead atoms. The number of aryl methyl sites for hydroxylation is 2. The van der Waals surface area contributed by atoms with Crippen molar-refractivity contribution in [1.82, 2.24) is 19.0 Å². The van der Waals surface area contributed by atoms with Gasteiger partial charge in [-0.2, -0.15) is 9.40 Å². The smallest absolute Gasteiger partial charge is 0.274 e. The highest BCUT2D eigenvalue weighted by Gasteiger charge is 2.36. The number of likely N-dealkylation sites (N-methyl/N-ethyl adjacent to an activating group) is 1. The van der Waals surface area contributed by atoms with Crippen molar-refractivity contribution < 1.29 is 27.9 Å². The van der Waals surface area contributed by atoms with E-state index in [9.17, 15) is 23.1 Å². The Labute approximate surface area is 244 Å². The summed E-state index contributed by atoms with van der Waals surface area (Å²) in [5.41, 5.74) is 1.41. The van der Waals surface area contributed by atoms with Crippen molar-refractivity contribution in [2.45, 2.75) is 37.8 Å². The first-order chi connectivity index (χ1) is 19.3. The Bertz CT molecular complexity index is 1540. The molecule has 1 aliphatic rings. The van der Waals surface area contributed by atoms with E-state index < -0.39 is 28.1 Å². The maximum atomic E-state index is 13.7. The Balaban J connectivity index is 1.73. The van der Waals surface area contributed by atoms with E-state index in [4.69, 9.17) is 16.3 Å². The number of halogens is 1. The number of carbonyl (C=O) groups is 2. The van der Waals surface area contributed by atoms with Crippen LogP contribution in [0.1, 0.15) is 40.4 Å². The molecule has 1 aromatic heterocycles. The van der Waals surface area contributed by atoms with Gasteiger partial charge >= 0.3 is 0 Å². The Morgan fingerprint density at radius 1 is 1.27 bits per heavy atom. The normalized spacial score (nSPS) is 18.3. The SMILES string of the molecule is Cc1cc(C(=O)Nc2cccc3c2O[C@H](CN(C)S(=O)(=O)c2ccc(Cl)cc2)[C@H](C)CN([C@H](C)CO)C3=O)n(C)n1. The summed E-state index contributed by atoms with van der Waals surface area (Å²) in [5, 5.41) is 17.4. The molecule has 0 radical (unpaired) electrons. The molecule has 0 saturated heterocycles. The van der Waals surface area contributed by atoms with Gasteiger partial charge in [0.05, 0.1) is 41.0 Å². The Hall–Kier alpha value is -3.45. The number of rotatable bonds is 8. The third-order valence-corrected chi connectivity index (χ3v) is 9.22. The van der Waals surface area contributed by atoms with Crippen LogP contribution in [0, 0.1) is 12.8 Å². The average Bonchev–Trinajstić information content (AvgIpc) is 3.28. The molecule has 0 spiro atoms. The zero-order valence-electron chi connectivity index (χ0n) is 23.5. The van der Waals surface area contributed by atoms with Crippen LogP contribution in [0.15, 0.2) is 53.4 Å². The minimum atomic E-state index is -3.90. The van der Waals surface area contributed by atoms with Gasteiger partial charge in [0.15, 0.2) is 5.75 Å². The number of hydrogen-bond donors (Lipinski definition) is 2. The molecule has 13 heteroatoms. The highest BCUT2D eigenvalue weighted by atomic mass is 35.5. The Kier molecular flexibility index (Phi) is 9.07. The third-order valence-electron chi connectivity index (χ3n) is 7.13. The third kappa shape index (κ3) is 6.40. The van der Waals surface area contributed by atoms with Gasteiger partial charge in [-0.3, -0.25) is 14.3 Å². The van der Waals surface area contributed by atoms with Gasteiger partial charge in [-0.05, 0) is 56.3 Å².